The minimum Gasteiger partial charge on any atom is -0.350 e. The van der Waals surface area contributed by atoms with Crippen LogP contribution in [-0.2, 0) is 13.0 Å². The first-order valence-electron chi connectivity index (χ1n) is 9.79. The molecule has 2 amide bonds. The van der Waals surface area contributed by atoms with Crippen LogP contribution >= 0.6 is 0 Å². The fourth-order valence-corrected chi connectivity index (χ4v) is 3.03. The molecular weight excluding hydrogens is 362 g/mol. The fourth-order valence-electron chi connectivity index (χ4n) is 3.03. The van der Waals surface area contributed by atoms with E-state index in [9.17, 15) is 9.59 Å². The Bertz CT molecular complexity index is 943. The molecule has 29 heavy (non-hydrogen) atoms. The monoisotopic (exact) mass is 387 g/mol. The van der Waals surface area contributed by atoms with Crippen molar-refractivity contribution in [3.05, 3.63) is 101 Å². The molecule has 0 saturated carbocycles. The number of carbonyl (C=O) groups is 2. The van der Waals surface area contributed by atoms with Crippen LogP contribution in [0, 0.1) is 0 Å². The number of nitrogens with zero attached hydrogens (tertiary/aromatic N) is 2. The SMILES string of the molecule is CCN(Cc1ccccc1)C(=O)c1cccc(C(=O)NCCc2ccccc2)n1. The van der Waals surface area contributed by atoms with Crippen LogP contribution < -0.4 is 5.32 Å². The second-order valence-electron chi connectivity index (χ2n) is 6.70. The summed E-state index contributed by atoms with van der Waals surface area (Å²) in [6.07, 6.45) is 0.742. The van der Waals surface area contributed by atoms with Crippen LogP contribution in [0.5, 0.6) is 0 Å². The van der Waals surface area contributed by atoms with E-state index in [0.717, 1.165) is 17.5 Å². The molecule has 0 atom stereocenters. The normalized spacial score (nSPS) is 10.4. The van der Waals surface area contributed by atoms with Gasteiger partial charge in [0.15, 0.2) is 0 Å². The Morgan fingerprint density at radius 2 is 1.45 bits per heavy atom. The number of benzene rings is 2. The highest BCUT2D eigenvalue weighted by atomic mass is 16.2. The third kappa shape index (κ3) is 5.75. The van der Waals surface area contributed by atoms with Gasteiger partial charge in [-0.1, -0.05) is 66.7 Å². The topological polar surface area (TPSA) is 62.3 Å². The van der Waals surface area contributed by atoms with E-state index in [1.54, 1.807) is 23.1 Å². The van der Waals surface area contributed by atoms with Crippen molar-refractivity contribution in [2.45, 2.75) is 19.9 Å². The van der Waals surface area contributed by atoms with E-state index < -0.39 is 0 Å². The highest BCUT2D eigenvalue weighted by molar-refractivity contribution is 5.96. The quantitative estimate of drug-likeness (QED) is 0.641. The van der Waals surface area contributed by atoms with Gasteiger partial charge in [-0.05, 0) is 36.6 Å². The zero-order valence-corrected chi connectivity index (χ0v) is 16.5. The van der Waals surface area contributed by atoms with Gasteiger partial charge in [0.2, 0.25) is 0 Å². The minimum absolute atomic E-state index is 0.185. The Labute approximate surface area is 171 Å². The standard InChI is InChI=1S/C24H25N3O2/c1-2-27(18-20-12-7-4-8-13-20)24(29)22-15-9-14-21(26-22)23(28)25-17-16-19-10-5-3-6-11-19/h3-15H,2,16-18H2,1H3,(H,25,28). The predicted octanol–water partition coefficient (Wildman–Crippen LogP) is 3.72. The molecule has 0 aliphatic heterocycles. The van der Waals surface area contributed by atoms with E-state index >= 15 is 0 Å². The molecule has 148 valence electrons. The van der Waals surface area contributed by atoms with E-state index in [0.29, 0.717) is 19.6 Å². The zero-order valence-electron chi connectivity index (χ0n) is 16.5. The summed E-state index contributed by atoms with van der Waals surface area (Å²) in [6, 6.07) is 24.8. The van der Waals surface area contributed by atoms with Crippen LogP contribution in [0.3, 0.4) is 0 Å². The molecule has 1 heterocycles. The van der Waals surface area contributed by atoms with E-state index in [2.05, 4.69) is 10.3 Å². The van der Waals surface area contributed by atoms with Crippen LogP contribution in [0.15, 0.2) is 78.9 Å². The molecule has 1 aromatic heterocycles. The maximum Gasteiger partial charge on any atom is 0.272 e. The van der Waals surface area contributed by atoms with Gasteiger partial charge < -0.3 is 10.2 Å². The lowest BCUT2D eigenvalue weighted by Crippen LogP contribution is -2.32. The van der Waals surface area contributed by atoms with Crippen LogP contribution in [0.1, 0.15) is 39.0 Å². The summed E-state index contributed by atoms with van der Waals surface area (Å²) in [4.78, 5) is 31.3. The number of amides is 2. The molecule has 1 N–H and O–H groups in total. The maximum absolute atomic E-state index is 12.9. The largest absolute Gasteiger partial charge is 0.350 e. The van der Waals surface area contributed by atoms with Crippen LogP contribution in [0.25, 0.3) is 0 Å². The third-order valence-corrected chi connectivity index (χ3v) is 4.63. The maximum atomic E-state index is 12.9. The molecular formula is C24H25N3O2. The molecule has 3 rings (SSSR count). The molecule has 0 bridgehead atoms. The molecule has 0 aliphatic carbocycles. The average Bonchev–Trinajstić information content (AvgIpc) is 2.78. The summed E-state index contributed by atoms with van der Waals surface area (Å²) in [6.45, 7) is 3.51. The molecule has 5 nitrogen and oxygen atoms in total. The van der Waals surface area contributed by atoms with Gasteiger partial charge in [-0.3, -0.25) is 9.59 Å². The Balaban J connectivity index is 1.62. The van der Waals surface area contributed by atoms with Crippen molar-refractivity contribution in [3.63, 3.8) is 0 Å². The molecule has 5 heteroatoms. The van der Waals surface area contributed by atoms with Crippen LogP contribution in [0.4, 0.5) is 0 Å². The van der Waals surface area contributed by atoms with Gasteiger partial charge in [0.05, 0.1) is 0 Å². The van der Waals surface area contributed by atoms with Crippen molar-refractivity contribution in [1.29, 1.82) is 0 Å². The number of carbonyl (C=O) groups excluding carboxylic acids is 2. The lowest BCUT2D eigenvalue weighted by Gasteiger charge is -2.20. The summed E-state index contributed by atoms with van der Waals surface area (Å²) in [5.74, 6) is -0.461. The zero-order chi connectivity index (χ0) is 20.5. The second kappa shape index (κ2) is 10.2. The summed E-state index contributed by atoms with van der Waals surface area (Å²) < 4.78 is 0. The first kappa shape index (κ1) is 20.3. The summed E-state index contributed by atoms with van der Waals surface area (Å²) >= 11 is 0. The Morgan fingerprint density at radius 3 is 2.10 bits per heavy atom. The van der Waals surface area contributed by atoms with Crippen LogP contribution in [-0.4, -0.2) is 34.8 Å². The lowest BCUT2D eigenvalue weighted by molar-refractivity contribution is 0.0746. The molecule has 0 radical (unpaired) electrons. The second-order valence-corrected chi connectivity index (χ2v) is 6.70. The van der Waals surface area contributed by atoms with Crippen molar-refractivity contribution < 1.29 is 9.59 Å². The first-order valence-corrected chi connectivity index (χ1v) is 9.79. The van der Waals surface area contributed by atoms with E-state index in [1.807, 2.05) is 67.6 Å². The number of nitrogens with one attached hydrogen (secondary N) is 1. The third-order valence-electron chi connectivity index (χ3n) is 4.63. The molecule has 0 fully saturated rings. The Kier molecular flexibility index (Phi) is 7.11. The smallest absolute Gasteiger partial charge is 0.272 e. The van der Waals surface area contributed by atoms with Gasteiger partial charge in [-0.25, -0.2) is 4.98 Å². The molecule has 3 aromatic rings. The highest BCUT2D eigenvalue weighted by Crippen LogP contribution is 2.09. The predicted molar refractivity (Wildman–Crippen MR) is 114 cm³/mol. The van der Waals surface area contributed by atoms with Crippen molar-refractivity contribution in [2.24, 2.45) is 0 Å². The molecule has 2 aromatic carbocycles. The van der Waals surface area contributed by atoms with Crippen molar-refractivity contribution in [1.82, 2.24) is 15.2 Å². The lowest BCUT2D eigenvalue weighted by atomic mass is 10.1. The number of pyridine rings is 1. The van der Waals surface area contributed by atoms with E-state index in [-0.39, 0.29) is 23.2 Å². The number of rotatable bonds is 8. The van der Waals surface area contributed by atoms with Crippen molar-refractivity contribution in [3.8, 4) is 0 Å². The first-order chi connectivity index (χ1) is 14.2. The molecule has 0 saturated heterocycles. The van der Waals surface area contributed by atoms with Crippen molar-refractivity contribution in [2.75, 3.05) is 13.1 Å². The van der Waals surface area contributed by atoms with Gasteiger partial charge in [0, 0.05) is 19.6 Å². The van der Waals surface area contributed by atoms with Gasteiger partial charge >= 0.3 is 0 Å². The number of hydrogen-bond acceptors (Lipinski definition) is 3. The van der Waals surface area contributed by atoms with Gasteiger partial charge in [0.25, 0.3) is 11.8 Å². The van der Waals surface area contributed by atoms with E-state index in [4.69, 9.17) is 0 Å². The van der Waals surface area contributed by atoms with Crippen LogP contribution in [0.2, 0.25) is 0 Å². The number of hydrogen-bond donors (Lipinski definition) is 1. The Morgan fingerprint density at radius 1 is 0.828 bits per heavy atom. The molecule has 0 spiro atoms. The summed E-state index contributed by atoms with van der Waals surface area (Å²) in [7, 11) is 0. The Hall–Kier alpha value is -3.47. The van der Waals surface area contributed by atoms with Gasteiger partial charge in [-0.15, -0.1) is 0 Å². The fraction of sp³-hybridized carbons (Fsp3) is 0.208. The summed E-state index contributed by atoms with van der Waals surface area (Å²) in [5.41, 5.74) is 2.74. The van der Waals surface area contributed by atoms with E-state index in [1.165, 1.54) is 0 Å². The van der Waals surface area contributed by atoms with Gasteiger partial charge in [0.1, 0.15) is 11.4 Å². The van der Waals surface area contributed by atoms with Crippen molar-refractivity contribution >= 4 is 11.8 Å². The minimum atomic E-state index is -0.276. The average molecular weight is 387 g/mol. The summed E-state index contributed by atoms with van der Waals surface area (Å²) in [5, 5.41) is 2.87. The molecule has 0 unspecified atom stereocenters. The number of aromatic nitrogens is 1. The molecule has 0 aliphatic rings. The highest BCUT2D eigenvalue weighted by Gasteiger charge is 2.17. The van der Waals surface area contributed by atoms with Gasteiger partial charge in [-0.2, -0.15) is 0 Å².